The summed E-state index contributed by atoms with van der Waals surface area (Å²) in [5.41, 5.74) is -0.127. The molecule has 2 aliphatic rings. The van der Waals surface area contributed by atoms with Gasteiger partial charge in [0.1, 0.15) is 0 Å². The van der Waals surface area contributed by atoms with Gasteiger partial charge in [-0.05, 0) is 53.5 Å². The van der Waals surface area contributed by atoms with Crippen molar-refractivity contribution >= 4 is 0 Å². The molecule has 0 saturated carbocycles. The molecule has 0 amide bonds. The van der Waals surface area contributed by atoms with Gasteiger partial charge in [0.2, 0.25) is 0 Å². The standard InChI is InChI=1S/C13H25NO2/c1-12(2)8-11(13(3,4)16-12)14-7-5-6-10(14)9-15/h10-11,15H,5-9H2,1-4H3. The fourth-order valence-corrected chi connectivity index (χ4v) is 3.51. The lowest BCUT2D eigenvalue weighted by Crippen LogP contribution is -2.49. The summed E-state index contributed by atoms with van der Waals surface area (Å²) in [5.74, 6) is 0. The zero-order valence-electron chi connectivity index (χ0n) is 11.0. The topological polar surface area (TPSA) is 32.7 Å². The average molecular weight is 227 g/mol. The molecule has 94 valence electrons. The SMILES string of the molecule is CC1(C)CC(N2CCCC2CO)C(C)(C)O1. The van der Waals surface area contributed by atoms with Crippen molar-refractivity contribution in [3.05, 3.63) is 0 Å². The third-order valence-electron chi connectivity index (χ3n) is 4.06. The van der Waals surface area contributed by atoms with Crippen LogP contribution >= 0.6 is 0 Å². The summed E-state index contributed by atoms with van der Waals surface area (Å²) in [6, 6.07) is 0.795. The average Bonchev–Trinajstić information content (AvgIpc) is 2.66. The van der Waals surface area contributed by atoms with Crippen LogP contribution in [0.4, 0.5) is 0 Å². The summed E-state index contributed by atoms with van der Waals surface area (Å²) in [7, 11) is 0. The van der Waals surface area contributed by atoms with E-state index in [0.29, 0.717) is 12.1 Å². The van der Waals surface area contributed by atoms with Crippen molar-refractivity contribution in [3.63, 3.8) is 0 Å². The molecule has 0 spiro atoms. The molecule has 2 atom stereocenters. The van der Waals surface area contributed by atoms with Crippen LogP contribution in [-0.2, 0) is 4.74 Å². The third kappa shape index (κ3) is 2.13. The van der Waals surface area contributed by atoms with E-state index in [0.717, 1.165) is 19.4 Å². The van der Waals surface area contributed by atoms with Gasteiger partial charge in [-0.1, -0.05) is 0 Å². The quantitative estimate of drug-likeness (QED) is 0.780. The molecular weight excluding hydrogens is 202 g/mol. The van der Waals surface area contributed by atoms with Gasteiger partial charge in [0, 0.05) is 12.1 Å². The number of hydrogen-bond donors (Lipinski definition) is 1. The molecule has 3 nitrogen and oxygen atoms in total. The first kappa shape index (κ1) is 12.3. The molecule has 2 rings (SSSR count). The zero-order chi connectivity index (χ0) is 12.0. The summed E-state index contributed by atoms with van der Waals surface area (Å²) >= 11 is 0. The van der Waals surface area contributed by atoms with Crippen LogP contribution in [0, 0.1) is 0 Å². The van der Waals surface area contributed by atoms with Gasteiger partial charge < -0.3 is 9.84 Å². The van der Waals surface area contributed by atoms with Gasteiger partial charge in [0.15, 0.2) is 0 Å². The Kier molecular flexibility index (Phi) is 3.06. The van der Waals surface area contributed by atoms with Gasteiger partial charge in [0.05, 0.1) is 17.8 Å². The monoisotopic (exact) mass is 227 g/mol. The van der Waals surface area contributed by atoms with Gasteiger partial charge in [-0.2, -0.15) is 0 Å². The number of ether oxygens (including phenoxy) is 1. The van der Waals surface area contributed by atoms with E-state index >= 15 is 0 Å². The third-order valence-corrected chi connectivity index (χ3v) is 4.06. The minimum Gasteiger partial charge on any atom is -0.395 e. The van der Waals surface area contributed by atoms with E-state index in [1.54, 1.807) is 0 Å². The van der Waals surface area contributed by atoms with Crippen LogP contribution in [0.5, 0.6) is 0 Å². The first-order valence-corrected chi connectivity index (χ1v) is 6.42. The first-order chi connectivity index (χ1) is 7.36. The molecule has 0 aliphatic carbocycles. The Bertz CT molecular complexity index is 263. The number of nitrogens with zero attached hydrogens (tertiary/aromatic N) is 1. The van der Waals surface area contributed by atoms with Crippen molar-refractivity contribution in [2.75, 3.05) is 13.2 Å². The van der Waals surface area contributed by atoms with Crippen molar-refractivity contribution in [2.24, 2.45) is 0 Å². The van der Waals surface area contributed by atoms with Crippen molar-refractivity contribution in [1.82, 2.24) is 4.90 Å². The highest BCUT2D eigenvalue weighted by Gasteiger charge is 2.50. The van der Waals surface area contributed by atoms with Crippen LogP contribution < -0.4 is 0 Å². The molecule has 2 heterocycles. The van der Waals surface area contributed by atoms with Crippen LogP contribution in [0.2, 0.25) is 0 Å². The van der Waals surface area contributed by atoms with Gasteiger partial charge in [-0.15, -0.1) is 0 Å². The minimum absolute atomic E-state index is 0.0310. The molecule has 0 aromatic rings. The summed E-state index contributed by atoms with van der Waals surface area (Å²) < 4.78 is 6.13. The Hall–Kier alpha value is -0.120. The van der Waals surface area contributed by atoms with E-state index < -0.39 is 0 Å². The predicted octanol–water partition coefficient (Wildman–Crippen LogP) is 1.79. The Balaban J connectivity index is 2.14. The van der Waals surface area contributed by atoms with E-state index in [2.05, 4.69) is 32.6 Å². The second kappa shape index (κ2) is 3.97. The number of aliphatic hydroxyl groups is 1. The fourth-order valence-electron chi connectivity index (χ4n) is 3.51. The minimum atomic E-state index is -0.0960. The lowest BCUT2D eigenvalue weighted by atomic mass is 9.92. The molecule has 0 aromatic carbocycles. The smallest absolute Gasteiger partial charge is 0.0789 e. The Morgan fingerprint density at radius 1 is 1.31 bits per heavy atom. The fraction of sp³-hybridized carbons (Fsp3) is 1.00. The van der Waals surface area contributed by atoms with Crippen molar-refractivity contribution < 1.29 is 9.84 Å². The molecule has 0 bridgehead atoms. The number of hydrogen-bond acceptors (Lipinski definition) is 3. The zero-order valence-corrected chi connectivity index (χ0v) is 11.0. The van der Waals surface area contributed by atoms with E-state index in [9.17, 15) is 5.11 Å². The molecular formula is C13H25NO2. The lowest BCUT2D eigenvalue weighted by molar-refractivity contribution is -0.0828. The molecule has 16 heavy (non-hydrogen) atoms. The van der Waals surface area contributed by atoms with Crippen LogP contribution in [0.15, 0.2) is 0 Å². The van der Waals surface area contributed by atoms with Crippen LogP contribution in [0.25, 0.3) is 0 Å². The number of likely N-dealkylation sites (tertiary alicyclic amines) is 1. The van der Waals surface area contributed by atoms with Crippen molar-refractivity contribution in [3.8, 4) is 0 Å². The molecule has 2 unspecified atom stereocenters. The Labute approximate surface area is 98.8 Å². The maximum absolute atomic E-state index is 9.41. The highest BCUT2D eigenvalue weighted by molar-refractivity contribution is 5.02. The van der Waals surface area contributed by atoms with Gasteiger partial charge >= 0.3 is 0 Å². The Morgan fingerprint density at radius 2 is 2.00 bits per heavy atom. The molecule has 2 fully saturated rings. The predicted molar refractivity (Wildman–Crippen MR) is 64.5 cm³/mol. The lowest BCUT2D eigenvalue weighted by Gasteiger charge is -2.36. The Morgan fingerprint density at radius 3 is 2.50 bits per heavy atom. The maximum atomic E-state index is 9.41. The highest BCUT2D eigenvalue weighted by Crippen LogP contribution is 2.42. The molecule has 2 aliphatic heterocycles. The second-order valence-corrected chi connectivity index (χ2v) is 6.40. The number of rotatable bonds is 2. The van der Waals surface area contributed by atoms with Gasteiger partial charge in [0.25, 0.3) is 0 Å². The largest absolute Gasteiger partial charge is 0.395 e. The van der Waals surface area contributed by atoms with Crippen LogP contribution in [-0.4, -0.2) is 46.4 Å². The number of aliphatic hydroxyl groups excluding tert-OH is 1. The van der Waals surface area contributed by atoms with Crippen LogP contribution in [0.1, 0.15) is 47.0 Å². The summed E-state index contributed by atoms with van der Waals surface area (Å²) in [6.45, 7) is 10.1. The normalized spacial score (nSPS) is 38.1. The summed E-state index contributed by atoms with van der Waals surface area (Å²) in [4.78, 5) is 2.47. The van der Waals surface area contributed by atoms with E-state index in [4.69, 9.17) is 4.74 Å². The van der Waals surface area contributed by atoms with Crippen LogP contribution in [0.3, 0.4) is 0 Å². The highest BCUT2D eigenvalue weighted by atomic mass is 16.5. The van der Waals surface area contributed by atoms with Crippen molar-refractivity contribution in [2.45, 2.75) is 70.2 Å². The second-order valence-electron chi connectivity index (χ2n) is 6.40. The van der Waals surface area contributed by atoms with Gasteiger partial charge in [-0.3, -0.25) is 4.90 Å². The van der Waals surface area contributed by atoms with E-state index in [1.165, 1.54) is 6.42 Å². The molecule has 2 saturated heterocycles. The summed E-state index contributed by atoms with van der Waals surface area (Å²) in [6.07, 6.45) is 3.40. The molecule has 1 N–H and O–H groups in total. The maximum Gasteiger partial charge on any atom is 0.0789 e. The van der Waals surface area contributed by atoms with Crippen molar-refractivity contribution in [1.29, 1.82) is 0 Å². The molecule has 3 heteroatoms. The van der Waals surface area contributed by atoms with E-state index in [-0.39, 0.29) is 17.8 Å². The summed E-state index contributed by atoms with van der Waals surface area (Å²) in [5, 5.41) is 9.41. The van der Waals surface area contributed by atoms with E-state index in [1.807, 2.05) is 0 Å². The first-order valence-electron chi connectivity index (χ1n) is 6.42. The molecule has 0 aromatic heterocycles. The molecule has 0 radical (unpaired) electrons. The van der Waals surface area contributed by atoms with Gasteiger partial charge in [-0.25, -0.2) is 0 Å².